The normalized spacial score (nSPS) is 12.4. The van der Waals surface area contributed by atoms with Crippen molar-refractivity contribution in [2.75, 3.05) is 0 Å². The number of fused-ring (bicyclic) bond motifs is 2. The first-order chi connectivity index (χ1) is 15.0. The van der Waals surface area contributed by atoms with E-state index in [1.807, 2.05) is 24.3 Å². The summed E-state index contributed by atoms with van der Waals surface area (Å²) in [5.41, 5.74) is 2.49. The molecule has 4 aromatic rings. The second-order valence-corrected chi connectivity index (χ2v) is 7.94. The summed E-state index contributed by atoms with van der Waals surface area (Å²) in [5.74, 6) is -0.358. The Balaban J connectivity index is 1.79. The molecule has 0 spiro atoms. The molecule has 0 N–H and O–H groups in total. The van der Waals surface area contributed by atoms with Gasteiger partial charge in [0.15, 0.2) is 11.5 Å². The van der Waals surface area contributed by atoms with E-state index in [4.69, 9.17) is 4.42 Å². The van der Waals surface area contributed by atoms with Gasteiger partial charge in [-0.3, -0.25) is 19.7 Å². The Labute approximate surface area is 184 Å². The van der Waals surface area contributed by atoms with Crippen molar-refractivity contribution in [3.8, 4) is 22.5 Å². The number of ketones is 2. The first kappa shape index (κ1) is 19.1. The molecule has 6 nitrogen and oxygen atoms in total. The number of nitrogens with zero attached hydrogens (tertiary/aromatic N) is 1. The molecule has 1 aromatic heterocycles. The molecule has 0 unspecified atom stereocenters. The van der Waals surface area contributed by atoms with E-state index in [-0.39, 0.29) is 28.6 Å². The topological polar surface area (TPSA) is 90.4 Å². The molecule has 5 rings (SSSR count). The van der Waals surface area contributed by atoms with E-state index >= 15 is 0 Å². The fourth-order valence-electron chi connectivity index (χ4n) is 3.77. The molecule has 0 saturated carbocycles. The van der Waals surface area contributed by atoms with E-state index in [9.17, 15) is 19.7 Å². The maximum absolute atomic E-state index is 13.4. The number of furan rings is 1. The molecule has 150 valence electrons. The lowest BCUT2D eigenvalue weighted by molar-refractivity contribution is -0.384. The highest BCUT2D eigenvalue weighted by atomic mass is 79.9. The number of hydrogen-bond donors (Lipinski definition) is 0. The van der Waals surface area contributed by atoms with Crippen molar-refractivity contribution in [3.05, 3.63) is 110 Å². The van der Waals surface area contributed by atoms with Crippen molar-refractivity contribution >= 4 is 33.2 Å². The van der Waals surface area contributed by atoms with Gasteiger partial charge in [-0.15, -0.1) is 0 Å². The van der Waals surface area contributed by atoms with Crippen LogP contribution >= 0.6 is 15.9 Å². The maximum atomic E-state index is 13.4. The van der Waals surface area contributed by atoms with Gasteiger partial charge in [0.05, 0.1) is 10.5 Å². The molecule has 1 heterocycles. The molecule has 7 heteroatoms. The number of carbonyl (C=O) groups is 2. The number of carbonyl (C=O) groups excluding carboxylic acids is 2. The molecule has 0 aliphatic heterocycles. The summed E-state index contributed by atoms with van der Waals surface area (Å²) in [5, 5.41) is 11.0. The number of nitro groups is 1. The Hall–Kier alpha value is -3.84. The number of benzene rings is 3. The molecular weight excluding hydrogens is 462 g/mol. The lowest BCUT2D eigenvalue weighted by atomic mass is 9.84. The van der Waals surface area contributed by atoms with Gasteiger partial charge in [0.2, 0.25) is 5.78 Å². The predicted octanol–water partition coefficient (Wildman–Crippen LogP) is 6.06. The average Bonchev–Trinajstić information content (AvgIpc) is 3.19. The Morgan fingerprint density at radius 2 is 1.29 bits per heavy atom. The van der Waals surface area contributed by atoms with Gasteiger partial charge in [-0.05, 0) is 29.8 Å². The van der Waals surface area contributed by atoms with Crippen LogP contribution in [-0.2, 0) is 0 Å². The third-order valence-electron chi connectivity index (χ3n) is 5.23. The fourth-order valence-corrected chi connectivity index (χ4v) is 4.04. The van der Waals surface area contributed by atoms with Crippen LogP contribution < -0.4 is 0 Å². The standard InChI is InChI=1S/C24H12BrNO5/c25-15-9-5-13(6-10-15)19-20-21(27)17-3-1-2-4-18(17)22(28)24(20)31-23(19)14-7-11-16(12-8-14)26(29)30/h1-12H. The zero-order valence-corrected chi connectivity index (χ0v) is 17.4. The molecule has 0 bridgehead atoms. The molecule has 0 amide bonds. The number of non-ortho nitro benzene ring substituents is 1. The van der Waals surface area contributed by atoms with Crippen molar-refractivity contribution in [2.45, 2.75) is 0 Å². The third-order valence-corrected chi connectivity index (χ3v) is 5.76. The first-order valence-electron chi connectivity index (χ1n) is 9.31. The summed E-state index contributed by atoms with van der Waals surface area (Å²) >= 11 is 3.40. The zero-order chi connectivity index (χ0) is 21.7. The Morgan fingerprint density at radius 1 is 0.710 bits per heavy atom. The van der Waals surface area contributed by atoms with Crippen LogP contribution in [0.2, 0.25) is 0 Å². The van der Waals surface area contributed by atoms with Gasteiger partial charge in [-0.25, -0.2) is 0 Å². The molecule has 0 saturated heterocycles. The minimum Gasteiger partial charge on any atom is -0.451 e. The number of hydrogen-bond acceptors (Lipinski definition) is 5. The largest absolute Gasteiger partial charge is 0.451 e. The van der Waals surface area contributed by atoms with Crippen LogP contribution in [0.15, 0.2) is 81.7 Å². The van der Waals surface area contributed by atoms with Crippen molar-refractivity contribution in [2.24, 2.45) is 0 Å². The maximum Gasteiger partial charge on any atom is 0.269 e. The van der Waals surface area contributed by atoms with Gasteiger partial charge in [0, 0.05) is 38.9 Å². The number of rotatable bonds is 3. The molecule has 1 aliphatic carbocycles. The van der Waals surface area contributed by atoms with E-state index in [1.54, 1.807) is 36.4 Å². The van der Waals surface area contributed by atoms with Crippen LogP contribution in [0.1, 0.15) is 32.0 Å². The van der Waals surface area contributed by atoms with Gasteiger partial charge < -0.3 is 4.42 Å². The zero-order valence-electron chi connectivity index (χ0n) is 15.8. The Morgan fingerprint density at radius 3 is 1.90 bits per heavy atom. The lowest BCUT2D eigenvalue weighted by Gasteiger charge is -2.14. The van der Waals surface area contributed by atoms with E-state index in [2.05, 4.69) is 15.9 Å². The monoisotopic (exact) mass is 473 g/mol. The van der Waals surface area contributed by atoms with Crippen molar-refractivity contribution in [1.29, 1.82) is 0 Å². The van der Waals surface area contributed by atoms with Gasteiger partial charge >= 0.3 is 0 Å². The molecule has 3 aromatic carbocycles. The smallest absolute Gasteiger partial charge is 0.269 e. The average molecular weight is 474 g/mol. The van der Waals surface area contributed by atoms with Crippen LogP contribution in [0.3, 0.4) is 0 Å². The van der Waals surface area contributed by atoms with Crippen LogP contribution in [-0.4, -0.2) is 16.5 Å². The number of halogens is 1. The van der Waals surface area contributed by atoms with E-state index in [1.165, 1.54) is 12.1 Å². The highest BCUT2D eigenvalue weighted by molar-refractivity contribution is 9.10. The minimum absolute atomic E-state index is 0.0185. The minimum atomic E-state index is -0.490. The molecule has 31 heavy (non-hydrogen) atoms. The second kappa shape index (κ2) is 7.14. The van der Waals surface area contributed by atoms with E-state index < -0.39 is 4.92 Å². The molecule has 0 fully saturated rings. The van der Waals surface area contributed by atoms with Crippen LogP contribution in [0.4, 0.5) is 5.69 Å². The number of nitro benzene ring substituents is 1. The van der Waals surface area contributed by atoms with E-state index in [0.717, 1.165) is 4.47 Å². The van der Waals surface area contributed by atoms with Crippen molar-refractivity contribution in [3.63, 3.8) is 0 Å². The summed E-state index contributed by atoms with van der Waals surface area (Å²) < 4.78 is 6.86. The molecule has 1 aliphatic rings. The summed E-state index contributed by atoms with van der Waals surface area (Å²) in [4.78, 5) is 37.1. The highest BCUT2D eigenvalue weighted by Gasteiger charge is 2.37. The van der Waals surface area contributed by atoms with E-state index in [0.29, 0.717) is 33.6 Å². The fraction of sp³-hybridized carbons (Fsp3) is 0. The Bertz CT molecular complexity index is 1380. The van der Waals surface area contributed by atoms with Gasteiger partial charge in [-0.2, -0.15) is 0 Å². The van der Waals surface area contributed by atoms with Crippen LogP contribution in [0.25, 0.3) is 22.5 Å². The summed E-state index contributed by atoms with van der Waals surface area (Å²) in [7, 11) is 0. The van der Waals surface area contributed by atoms with Gasteiger partial charge in [-0.1, -0.05) is 52.3 Å². The quantitative estimate of drug-likeness (QED) is 0.234. The lowest BCUT2D eigenvalue weighted by Crippen LogP contribution is -2.19. The molecular formula is C24H12BrNO5. The summed E-state index contributed by atoms with van der Waals surface area (Å²) in [6, 6.07) is 19.8. The second-order valence-electron chi connectivity index (χ2n) is 7.03. The molecule has 0 radical (unpaired) electrons. The van der Waals surface area contributed by atoms with Gasteiger partial charge in [0.1, 0.15) is 5.76 Å². The van der Waals surface area contributed by atoms with Crippen LogP contribution in [0, 0.1) is 10.1 Å². The Kier molecular flexibility index (Phi) is 4.41. The van der Waals surface area contributed by atoms with Crippen LogP contribution in [0.5, 0.6) is 0 Å². The van der Waals surface area contributed by atoms with Crippen molar-refractivity contribution in [1.82, 2.24) is 0 Å². The first-order valence-corrected chi connectivity index (χ1v) is 10.1. The van der Waals surface area contributed by atoms with Crippen molar-refractivity contribution < 1.29 is 18.9 Å². The highest BCUT2D eigenvalue weighted by Crippen LogP contribution is 2.43. The SMILES string of the molecule is O=C1c2ccccc2C(=O)c2c1oc(-c1ccc([N+](=O)[O-])cc1)c2-c1ccc(Br)cc1. The predicted molar refractivity (Wildman–Crippen MR) is 117 cm³/mol. The molecule has 0 atom stereocenters. The third kappa shape index (κ3) is 3.02. The summed E-state index contributed by atoms with van der Waals surface area (Å²) in [6.45, 7) is 0. The van der Waals surface area contributed by atoms with Gasteiger partial charge in [0.25, 0.3) is 5.69 Å². The summed E-state index contributed by atoms with van der Waals surface area (Å²) in [6.07, 6.45) is 0.